The van der Waals surface area contributed by atoms with Crippen molar-refractivity contribution < 1.29 is 28.4 Å². The van der Waals surface area contributed by atoms with Crippen LogP contribution in [0.4, 0.5) is 5.82 Å². The van der Waals surface area contributed by atoms with Gasteiger partial charge < -0.3 is 24.5 Å². The van der Waals surface area contributed by atoms with Crippen molar-refractivity contribution in [2.45, 2.75) is 110 Å². The van der Waals surface area contributed by atoms with Gasteiger partial charge >= 0.3 is 11.9 Å². The van der Waals surface area contributed by atoms with Crippen LogP contribution in [-0.4, -0.2) is 68.2 Å². The molecule has 2 saturated carbocycles. The van der Waals surface area contributed by atoms with Crippen LogP contribution in [0.5, 0.6) is 0 Å². The summed E-state index contributed by atoms with van der Waals surface area (Å²) in [5.41, 5.74) is 4.30. The third kappa shape index (κ3) is 8.97. The van der Waals surface area contributed by atoms with Gasteiger partial charge in [-0.25, -0.2) is 25.1 Å². The van der Waals surface area contributed by atoms with Crippen LogP contribution >= 0.6 is 7.44 Å². The molecule has 0 aliphatic heterocycles. The van der Waals surface area contributed by atoms with Crippen LogP contribution in [0, 0.1) is 11.8 Å². The number of rotatable bonds is 15. The second-order valence-corrected chi connectivity index (χ2v) is 15.3. The van der Waals surface area contributed by atoms with E-state index in [2.05, 4.69) is 25.1 Å². The Morgan fingerprint density at radius 3 is 1.98 bits per heavy atom. The van der Waals surface area contributed by atoms with Gasteiger partial charge in [-0.2, -0.15) is 0 Å². The van der Waals surface area contributed by atoms with E-state index < -0.39 is 36.6 Å². The predicted octanol–water partition coefficient (Wildman–Crippen LogP) is 4.17. The molecule has 240 valence electrons. The summed E-state index contributed by atoms with van der Waals surface area (Å²) in [6.45, 7) is 9.31. The Bertz CT molecular complexity index is 1250. The van der Waals surface area contributed by atoms with Gasteiger partial charge in [0.1, 0.15) is 29.3 Å². The lowest BCUT2D eigenvalue weighted by molar-refractivity contribution is -0.151. The number of nitrogen functional groups attached to an aromatic ring is 1. The van der Waals surface area contributed by atoms with Crippen molar-refractivity contribution in [2.24, 2.45) is 11.8 Å². The molecule has 4 rings (SSSR count). The lowest BCUT2D eigenvalue weighted by Crippen LogP contribution is -2.54. The average molecular weight is 622 g/mol. The van der Waals surface area contributed by atoms with E-state index in [1.54, 1.807) is 38.6 Å². The number of nitrogens with zero attached hydrogens (tertiary/aromatic N) is 4. The molecular formula is C29H48N7O6P. The van der Waals surface area contributed by atoms with Gasteiger partial charge in [-0.15, -0.1) is 0 Å². The van der Waals surface area contributed by atoms with Crippen LogP contribution in [0.25, 0.3) is 11.2 Å². The lowest BCUT2D eigenvalue weighted by atomic mass is 10.1. The SMILES string of the molecule is C[C@H](Cn1cnc2c(N)ncnc21)OCP(=O)(NC(C)(C)C(=O)OCC1CCCC1)NC(C)(C)C(=O)OCC1CCCC1. The number of nitrogens with two attached hydrogens (primary N) is 1. The Morgan fingerprint density at radius 1 is 0.953 bits per heavy atom. The number of hydrogen-bond acceptors (Lipinski definition) is 10. The molecule has 14 heteroatoms. The number of hydrogen-bond donors (Lipinski definition) is 3. The molecule has 0 radical (unpaired) electrons. The van der Waals surface area contributed by atoms with Crippen LogP contribution in [-0.2, 0) is 34.9 Å². The van der Waals surface area contributed by atoms with E-state index in [0.29, 0.717) is 42.8 Å². The zero-order chi connectivity index (χ0) is 31.3. The predicted molar refractivity (Wildman–Crippen MR) is 163 cm³/mol. The van der Waals surface area contributed by atoms with Crippen LogP contribution in [0.1, 0.15) is 86.0 Å². The van der Waals surface area contributed by atoms with Gasteiger partial charge in [0.05, 0.1) is 32.2 Å². The van der Waals surface area contributed by atoms with Crippen molar-refractivity contribution in [3.8, 4) is 0 Å². The zero-order valence-electron chi connectivity index (χ0n) is 26.1. The number of nitrogens with one attached hydrogen (secondary N) is 2. The monoisotopic (exact) mass is 621 g/mol. The number of esters is 2. The number of fused-ring (bicyclic) bond motifs is 1. The highest BCUT2D eigenvalue weighted by atomic mass is 31.2. The minimum absolute atomic E-state index is 0.277. The highest BCUT2D eigenvalue weighted by molar-refractivity contribution is 7.59. The molecule has 2 fully saturated rings. The Morgan fingerprint density at radius 2 is 1.47 bits per heavy atom. The summed E-state index contributed by atoms with van der Waals surface area (Å²) in [7, 11) is -3.76. The first-order chi connectivity index (χ1) is 20.3. The van der Waals surface area contributed by atoms with Crippen molar-refractivity contribution >= 4 is 36.4 Å². The summed E-state index contributed by atoms with van der Waals surface area (Å²) in [6, 6.07) is 0. The largest absolute Gasteiger partial charge is 0.464 e. The van der Waals surface area contributed by atoms with Gasteiger partial charge in [0.25, 0.3) is 0 Å². The van der Waals surface area contributed by atoms with Crippen LogP contribution in [0.3, 0.4) is 0 Å². The first-order valence-corrected chi connectivity index (χ1v) is 17.2. The molecule has 0 unspecified atom stereocenters. The molecule has 2 aromatic heterocycles. The molecule has 0 amide bonds. The molecular weight excluding hydrogens is 573 g/mol. The van der Waals surface area contributed by atoms with E-state index in [4.69, 9.17) is 19.9 Å². The first-order valence-electron chi connectivity index (χ1n) is 15.3. The Labute approximate surface area is 253 Å². The number of anilines is 1. The number of imidazole rings is 1. The molecule has 1 atom stereocenters. The molecule has 2 heterocycles. The molecule has 0 bridgehead atoms. The summed E-state index contributed by atoms with van der Waals surface area (Å²) >= 11 is 0. The summed E-state index contributed by atoms with van der Waals surface area (Å²) in [4.78, 5) is 38.8. The van der Waals surface area contributed by atoms with Crippen molar-refractivity contribution in [1.29, 1.82) is 0 Å². The third-order valence-electron chi connectivity index (χ3n) is 8.21. The number of carbonyl (C=O) groups excluding carboxylic acids is 2. The third-order valence-corrected chi connectivity index (χ3v) is 10.6. The molecule has 13 nitrogen and oxygen atoms in total. The lowest BCUT2D eigenvalue weighted by Gasteiger charge is -2.35. The van der Waals surface area contributed by atoms with Gasteiger partial charge in [-0.05, 0) is 72.1 Å². The molecule has 0 aromatic carbocycles. The standard InChI is InChI=1S/C29H48N7O6P/c1-20(14-36-18-33-23-24(30)31-17-32-25(23)36)42-19-43(39,34-28(2,3)26(37)40-15-21-10-6-7-11-21)35-29(4,5)27(38)41-16-22-12-8-9-13-22/h17-18,20-22H,6-16,19H2,1-5H3,(H2,30,31,32)(H2,34,35,39)/t20-/m1/s1. The van der Waals surface area contributed by atoms with Gasteiger partial charge in [-0.1, -0.05) is 25.7 Å². The molecule has 4 N–H and O–H groups in total. The van der Waals surface area contributed by atoms with E-state index >= 15 is 0 Å². The maximum absolute atomic E-state index is 14.5. The second kappa shape index (κ2) is 14.0. The fourth-order valence-corrected chi connectivity index (χ4v) is 8.42. The summed E-state index contributed by atoms with van der Waals surface area (Å²) < 4.78 is 33.7. The smallest absolute Gasteiger partial charge is 0.326 e. The first kappa shape index (κ1) is 33.3. The van der Waals surface area contributed by atoms with Gasteiger partial charge in [0.15, 0.2) is 11.5 Å². The van der Waals surface area contributed by atoms with E-state index in [9.17, 15) is 14.2 Å². The topological polar surface area (TPSA) is 173 Å². The maximum Gasteiger partial charge on any atom is 0.326 e. The minimum Gasteiger partial charge on any atom is -0.464 e. The fraction of sp³-hybridized carbons (Fsp3) is 0.759. The molecule has 0 spiro atoms. The minimum atomic E-state index is -3.76. The maximum atomic E-state index is 14.5. The zero-order valence-corrected chi connectivity index (χ0v) is 27.0. The molecule has 2 aliphatic carbocycles. The van der Waals surface area contributed by atoms with Gasteiger partial charge in [0.2, 0.25) is 7.44 Å². The summed E-state index contributed by atoms with van der Waals surface area (Å²) in [5.74, 6) is -0.0551. The van der Waals surface area contributed by atoms with E-state index in [1.807, 2.05) is 6.92 Å². The van der Waals surface area contributed by atoms with Gasteiger partial charge in [-0.3, -0.25) is 14.2 Å². The fourth-order valence-electron chi connectivity index (χ4n) is 5.78. The van der Waals surface area contributed by atoms with E-state index in [0.717, 1.165) is 51.4 Å². The number of carbonyl (C=O) groups is 2. The molecule has 2 aromatic rings. The van der Waals surface area contributed by atoms with Crippen molar-refractivity contribution in [3.05, 3.63) is 12.7 Å². The van der Waals surface area contributed by atoms with Crippen LogP contribution in [0.15, 0.2) is 12.7 Å². The van der Waals surface area contributed by atoms with Crippen molar-refractivity contribution in [2.75, 3.05) is 25.3 Å². The average Bonchev–Trinajstić information content (AvgIpc) is 3.72. The van der Waals surface area contributed by atoms with Crippen LogP contribution in [0.2, 0.25) is 0 Å². The number of aromatic nitrogens is 4. The highest BCUT2D eigenvalue weighted by Crippen LogP contribution is 2.42. The van der Waals surface area contributed by atoms with Crippen molar-refractivity contribution in [1.82, 2.24) is 29.7 Å². The van der Waals surface area contributed by atoms with E-state index in [1.165, 1.54) is 6.33 Å². The molecule has 0 saturated heterocycles. The second-order valence-electron chi connectivity index (χ2n) is 13.1. The summed E-state index contributed by atoms with van der Waals surface area (Å²) in [6.07, 6.45) is 10.9. The number of ether oxygens (including phenoxy) is 3. The van der Waals surface area contributed by atoms with Gasteiger partial charge in [0, 0.05) is 0 Å². The highest BCUT2D eigenvalue weighted by Gasteiger charge is 2.43. The Kier molecular flexibility index (Phi) is 10.8. The van der Waals surface area contributed by atoms with Crippen molar-refractivity contribution in [3.63, 3.8) is 0 Å². The quantitative estimate of drug-likeness (QED) is 0.192. The summed E-state index contributed by atoms with van der Waals surface area (Å²) in [5, 5.41) is 5.97. The molecule has 43 heavy (non-hydrogen) atoms. The normalized spacial score (nSPS) is 17.9. The Balaban J connectivity index is 1.44. The van der Waals surface area contributed by atoms with E-state index in [-0.39, 0.29) is 12.2 Å². The van der Waals surface area contributed by atoms with Crippen LogP contribution < -0.4 is 15.9 Å². The molecule has 2 aliphatic rings. The Hall–Kier alpha value is -2.60.